The quantitative estimate of drug-likeness (QED) is 0.758. The molecule has 2 N–H and O–H groups in total. The summed E-state index contributed by atoms with van der Waals surface area (Å²) in [6, 6.07) is 6.33. The Balaban J connectivity index is 1.53. The number of imidazole rings is 1. The number of aromatic nitrogens is 3. The minimum atomic E-state index is -0.161. The molecule has 2 aromatic heterocycles. The molecule has 6 heteroatoms. The van der Waals surface area contributed by atoms with Crippen LogP contribution in [0.15, 0.2) is 30.6 Å². The number of hydrogen-bond donors (Lipinski definition) is 2. The van der Waals surface area contributed by atoms with E-state index in [-0.39, 0.29) is 5.91 Å². The van der Waals surface area contributed by atoms with E-state index >= 15 is 0 Å². The fraction of sp³-hybridized carbons (Fsp3) is 0.400. The minimum Gasteiger partial charge on any atom is -0.381 e. The first-order chi connectivity index (χ1) is 12.6. The van der Waals surface area contributed by atoms with E-state index in [9.17, 15) is 4.79 Å². The van der Waals surface area contributed by atoms with Crippen molar-refractivity contribution < 1.29 is 9.53 Å². The summed E-state index contributed by atoms with van der Waals surface area (Å²) < 4.78 is 7.20. The van der Waals surface area contributed by atoms with Crippen molar-refractivity contribution in [2.45, 2.75) is 32.2 Å². The second-order valence-electron chi connectivity index (χ2n) is 6.97. The second kappa shape index (κ2) is 6.96. The summed E-state index contributed by atoms with van der Waals surface area (Å²) >= 11 is 0. The van der Waals surface area contributed by atoms with Crippen molar-refractivity contribution in [3.63, 3.8) is 0 Å². The minimum absolute atomic E-state index is 0.161. The van der Waals surface area contributed by atoms with Crippen LogP contribution in [0.2, 0.25) is 0 Å². The van der Waals surface area contributed by atoms with Crippen LogP contribution in [0.1, 0.15) is 46.2 Å². The molecule has 1 aromatic carbocycles. The van der Waals surface area contributed by atoms with Crippen molar-refractivity contribution in [3.05, 3.63) is 53.2 Å². The molecule has 4 rings (SSSR count). The highest BCUT2D eigenvalue weighted by Crippen LogP contribution is 2.33. The van der Waals surface area contributed by atoms with Gasteiger partial charge in [-0.15, -0.1) is 0 Å². The smallest absolute Gasteiger partial charge is 0.287 e. The number of nitrogens with zero attached hydrogens (tertiary/aromatic N) is 2. The van der Waals surface area contributed by atoms with E-state index in [4.69, 9.17) is 4.74 Å². The van der Waals surface area contributed by atoms with Gasteiger partial charge in [-0.2, -0.15) is 0 Å². The molecule has 1 aliphatic heterocycles. The number of amides is 1. The average molecular weight is 352 g/mol. The Bertz CT molecular complexity index is 935. The first-order valence-electron chi connectivity index (χ1n) is 9.08. The van der Waals surface area contributed by atoms with E-state index in [1.807, 2.05) is 7.05 Å². The van der Waals surface area contributed by atoms with Gasteiger partial charge in [0.1, 0.15) is 0 Å². The van der Waals surface area contributed by atoms with Gasteiger partial charge in [-0.1, -0.05) is 6.07 Å². The Hall–Kier alpha value is -2.60. The number of nitrogens with one attached hydrogen (secondary N) is 2. The molecule has 1 fully saturated rings. The molecule has 0 atom stereocenters. The maximum atomic E-state index is 12.2. The lowest BCUT2D eigenvalue weighted by Gasteiger charge is -2.21. The Labute approximate surface area is 152 Å². The van der Waals surface area contributed by atoms with E-state index < -0.39 is 0 Å². The molecule has 1 aliphatic rings. The Kier molecular flexibility index (Phi) is 4.51. The summed E-state index contributed by atoms with van der Waals surface area (Å²) in [5.41, 5.74) is 4.88. The van der Waals surface area contributed by atoms with Crippen molar-refractivity contribution in [2.24, 2.45) is 7.05 Å². The molecule has 0 aliphatic carbocycles. The van der Waals surface area contributed by atoms with Crippen molar-refractivity contribution >= 4 is 16.8 Å². The maximum absolute atomic E-state index is 12.2. The zero-order chi connectivity index (χ0) is 18.1. The third kappa shape index (κ3) is 3.12. The number of rotatable bonds is 4. The van der Waals surface area contributed by atoms with Crippen LogP contribution in [0.25, 0.3) is 10.9 Å². The van der Waals surface area contributed by atoms with E-state index in [1.54, 1.807) is 17.0 Å². The van der Waals surface area contributed by atoms with Crippen molar-refractivity contribution in [2.75, 3.05) is 13.2 Å². The van der Waals surface area contributed by atoms with Gasteiger partial charge in [0.2, 0.25) is 0 Å². The number of ether oxygens (including phenoxy) is 1. The van der Waals surface area contributed by atoms with Gasteiger partial charge in [0.15, 0.2) is 5.82 Å². The van der Waals surface area contributed by atoms with Crippen molar-refractivity contribution in [3.8, 4) is 0 Å². The third-order valence-corrected chi connectivity index (χ3v) is 5.27. The number of carbonyl (C=O) groups excluding carboxylic acids is 1. The molecule has 3 aromatic rings. The lowest BCUT2D eigenvalue weighted by Crippen LogP contribution is -2.25. The lowest BCUT2D eigenvalue weighted by atomic mass is 9.93. The highest BCUT2D eigenvalue weighted by molar-refractivity contribution is 5.91. The molecule has 6 nitrogen and oxygen atoms in total. The molecule has 136 valence electrons. The van der Waals surface area contributed by atoms with Gasteiger partial charge in [0, 0.05) is 61.7 Å². The molecule has 0 unspecified atom stereocenters. The number of H-pyrrole nitrogens is 1. The molecule has 0 radical (unpaired) electrons. The summed E-state index contributed by atoms with van der Waals surface area (Å²) in [4.78, 5) is 19.9. The fourth-order valence-corrected chi connectivity index (χ4v) is 3.74. The highest BCUT2D eigenvalue weighted by Gasteiger charge is 2.21. The van der Waals surface area contributed by atoms with Crippen LogP contribution in [0.3, 0.4) is 0 Å². The molecular weight excluding hydrogens is 328 g/mol. The second-order valence-corrected chi connectivity index (χ2v) is 6.97. The van der Waals surface area contributed by atoms with E-state index in [0.717, 1.165) is 37.1 Å². The standard InChI is InChI=1S/C20H24N4O2/c1-13-16-11-14(12-22-20(25)19-21-7-8-24(19)2)3-4-17(16)23-18(13)15-5-9-26-10-6-15/h3-4,7-8,11,15,23H,5-6,9-10,12H2,1-2H3,(H,22,25). The van der Waals surface area contributed by atoms with Gasteiger partial charge in [0.05, 0.1) is 0 Å². The van der Waals surface area contributed by atoms with Gasteiger partial charge in [-0.05, 0) is 43.0 Å². The summed E-state index contributed by atoms with van der Waals surface area (Å²) in [5, 5.41) is 4.18. The zero-order valence-corrected chi connectivity index (χ0v) is 15.2. The van der Waals surface area contributed by atoms with Crippen LogP contribution >= 0.6 is 0 Å². The van der Waals surface area contributed by atoms with Crippen LogP contribution in [-0.4, -0.2) is 33.7 Å². The monoisotopic (exact) mass is 352 g/mol. The number of carbonyl (C=O) groups is 1. The number of benzene rings is 1. The lowest BCUT2D eigenvalue weighted by molar-refractivity contribution is 0.0845. The van der Waals surface area contributed by atoms with Crippen LogP contribution < -0.4 is 5.32 Å². The van der Waals surface area contributed by atoms with Gasteiger partial charge in [-0.25, -0.2) is 4.98 Å². The zero-order valence-electron chi connectivity index (χ0n) is 15.2. The van der Waals surface area contributed by atoms with E-state index in [2.05, 4.69) is 40.4 Å². The molecule has 1 saturated heterocycles. The normalized spacial score (nSPS) is 15.5. The molecule has 0 saturated carbocycles. The fourth-order valence-electron chi connectivity index (χ4n) is 3.74. The molecule has 0 bridgehead atoms. The molecule has 1 amide bonds. The van der Waals surface area contributed by atoms with Crippen molar-refractivity contribution in [1.29, 1.82) is 0 Å². The third-order valence-electron chi connectivity index (χ3n) is 5.27. The Morgan fingerprint density at radius 3 is 2.92 bits per heavy atom. The summed E-state index contributed by atoms with van der Waals surface area (Å²) in [7, 11) is 1.81. The Morgan fingerprint density at radius 2 is 2.19 bits per heavy atom. The van der Waals surface area contributed by atoms with Crippen molar-refractivity contribution in [1.82, 2.24) is 19.9 Å². The molecule has 3 heterocycles. The van der Waals surface area contributed by atoms with Crippen LogP contribution in [0.5, 0.6) is 0 Å². The van der Waals surface area contributed by atoms with Crippen LogP contribution in [0, 0.1) is 6.92 Å². The predicted octanol–water partition coefficient (Wildman–Crippen LogP) is 3.03. The molecule has 0 spiro atoms. The number of hydrogen-bond acceptors (Lipinski definition) is 3. The van der Waals surface area contributed by atoms with Gasteiger partial charge < -0.3 is 19.6 Å². The highest BCUT2D eigenvalue weighted by atomic mass is 16.5. The summed E-state index contributed by atoms with van der Waals surface area (Å²) in [6.07, 6.45) is 5.53. The topological polar surface area (TPSA) is 71.9 Å². The maximum Gasteiger partial charge on any atom is 0.287 e. The number of aromatic amines is 1. The summed E-state index contributed by atoms with van der Waals surface area (Å²) in [6.45, 7) is 4.34. The number of fused-ring (bicyclic) bond motifs is 1. The Morgan fingerprint density at radius 1 is 1.38 bits per heavy atom. The first-order valence-corrected chi connectivity index (χ1v) is 9.08. The van der Waals surface area contributed by atoms with Crippen LogP contribution in [0.4, 0.5) is 0 Å². The number of aryl methyl sites for hydroxylation is 2. The van der Waals surface area contributed by atoms with Gasteiger partial charge >= 0.3 is 0 Å². The van der Waals surface area contributed by atoms with E-state index in [1.165, 1.54) is 16.6 Å². The summed E-state index contributed by atoms with van der Waals surface area (Å²) in [5.74, 6) is 0.805. The van der Waals surface area contributed by atoms with Crippen LogP contribution in [-0.2, 0) is 18.3 Å². The van der Waals surface area contributed by atoms with Gasteiger partial charge in [0.25, 0.3) is 5.91 Å². The molecular formula is C20H24N4O2. The average Bonchev–Trinajstić information content (AvgIpc) is 3.24. The largest absolute Gasteiger partial charge is 0.381 e. The predicted molar refractivity (Wildman–Crippen MR) is 100 cm³/mol. The van der Waals surface area contributed by atoms with E-state index in [0.29, 0.717) is 18.3 Å². The first kappa shape index (κ1) is 16.8. The SMILES string of the molecule is Cc1c(C2CCOCC2)[nH]c2ccc(CNC(=O)c3nccn3C)cc12. The van der Waals surface area contributed by atoms with Gasteiger partial charge in [-0.3, -0.25) is 4.79 Å². The molecule has 26 heavy (non-hydrogen) atoms.